The van der Waals surface area contributed by atoms with Crippen LogP contribution in [0.2, 0.25) is 5.02 Å². The number of aromatic carboxylic acids is 1. The fraction of sp³-hybridized carbons (Fsp3) is 0.265. The van der Waals surface area contributed by atoms with Crippen LogP contribution in [0.3, 0.4) is 0 Å². The second-order valence-corrected chi connectivity index (χ2v) is 10.9. The number of hydrogen-bond acceptors (Lipinski definition) is 5. The number of aryl methyl sites for hydroxylation is 1. The van der Waals surface area contributed by atoms with Gasteiger partial charge in [0.25, 0.3) is 0 Å². The fourth-order valence-corrected chi connectivity index (χ4v) is 5.32. The molecule has 0 saturated carbocycles. The third-order valence-electron chi connectivity index (χ3n) is 7.48. The van der Waals surface area contributed by atoms with Gasteiger partial charge >= 0.3 is 5.97 Å². The second kappa shape index (κ2) is 13.2. The summed E-state index contributed by atoms with van der Waals surface area (Å²) < 4.78 is 12.3. The number of rotatable bonds is 11. The first-order chi connectivity index (χ1) is 19.9. The number of benzene rings is 4. The molecule has 6 nitrogen and oxygen atoms in total. The molecule has 1 aliphatic heterocycles. The number of hydrogen-bond donors (Lipinski definition) is 3. The zero-order chi connectivity index (χ0) is 28.8. The third kappa shape index (κ3) is 7.27. The van der Waals surface area contributed by atoms with Gasteiger partial charge in [-0.25, -0.2) is 4.79 Å². The quantitative estimate of drug-likeness (QED) is 0.188. The van der Waals surface area contributed by atoms with E-state index in [2.05, 4.69) is 30.4 Å². The number of halogens is 1. The van der Waals surface area contributed by atoms with Gasteiger partial charge in [-0.2, -0.15) is 0 Å². The largest absolute Gasteiger partial charge is 0.491 e. The summed E-state index contributed by atoms with van der Waals surface area (Å²) in [6.07, 6.45) is 1.06. The standard InChI is InChI=1S/C34H34ClNO5/c1-22(23-5-3-2-4-6-23)31-18-28(35)13-16-33(31)40-21-29(37)19-36-20-30-14-11-27-17-26(12-15-32(27)41-30)24-7-9-25(10-8-24)34(38)39/h2-10,12-13,15-18,22,29-30,36-37H,11,14,19-21H2,1H3,(H,38,39). The Labute approximate surface area is 245 Å². The molecule has 4 aromatic carbocycles. The van der Waals surface area contributed by atoms with Crippen molar-refractivity contribution < 1.29 is 24.5 Å². The van der Waals surface area contributed by atoms with Crippen LogP contribution in [0.15, 0.2) is 91.0 Å². The van der Waals surface area contributed by atoms with Crippen LogP contribution < -0.4 is 14.8 Å². The summed E-state index contributed by atoms with van der Waals surface area (Å²) in [4.78, 5) is 11.1. The first-order valence-corrected chi connectivity index (χ1v) is 14.2. The smallest absolute Gasteiger partial charge is 0.335 e. The van der Waals surface area contributed by atoms with E-state index in [1.165, 1.54) is 5.56 Å². The Morgan fingerprint density at radius 3 is 2.54 bits per heavy atom. The minimum Gasteiger partial charge on any atom is -0.491 e. The number of nitrogens with one attached hydrogen (secondary N) is 1. The molecule has 4 aromatic rings. The van der Waals surface area contributed by atoms with Crippen molar-refractivity contribution in [2.24, 2.45) is 0 Å². The molecule has 41 heavy (non-hydrogen) atoms. The van der Waals surface area contributed by atoms with Crippen LogP contribution in [0.5, 0.6) is 11.5 Å². The molecule has 212 valence electrons. The molecule has 1 aliphatic rings. The zero-order valence-electron chi connectivity index (χ0n) is 22.9. The average Bonchev–Trinajstić information content (AvgIpc) is 3.00. The van der Waals surface area contributed by atoms with Gasteiger partial charge in [0.15, 0.2) is 0 Å². The Morgan fingerprint density at radius 1 is 1.02 bits per heavy atom. The Morgan fingerprint density at radius 2 is 1.78 bits per heavy atom. The molecular weight excluding hydrogens is 538 g/mol. The molecule has 3 N–H and O–H groups in total. The highest BCUT2D eigenvalue weighted by Gasteiger charge is 2.21. The first kappa shape index (κ1) is 28.7. The summed E-state index contributed by atoms with van der Waals surface area (Å²) in [6, 6.07) is 28.8. The number of ether oxygens (including phenoxy) is 2. The van der Waals surface area contributed by atoms with Gasteiger partial charge in [0, 0.05) is 29.6 Å². The molecule has 0 fully saturated rings. The minimum absolute atomic E-state index is 0.00547. The molecular formula is C34H34ClNO5. The number of carboxylic acid groups (broad SMARTS) is 1. The van der Waals surface area contributed by atoms with Crippen molar-refractivity contribution in [1.29, 1.82) is 0 Å². The predicted molar refractivity (Wildman–Crippen MR) is 161 cm³/mol. The van der Waals surface area contributed by atoms with Crippen molar-refractivity contribution >= 4 is 17.6 Å². The average molecular weight is 572 g/mol. The van der Waals surface area contributed by atoms with Gasteiger partial charge in [0.2, 0.25) is 0 Å². The molecule has 0 aliphatic carbocycles. The zero-order valence-corrected chi connectivity index (χ0v) is 23.7. The molecule has 0 aromatic heterocycles. The van der Waals surface area contributed by atoms with Gasteiger partial charge in [0.05, 0.1) is 5.56 Å². The molecule has 0 amide bonds. The highest BCUT2D eigenvalue weighted by molar-refractivity contribution is 6.30. The fourth-order valence-electron chi connectivity index (χ4n) is 5.14. The van der Waals surface area contributed by atoms with Crippen LogP contribution in [0.25, 0.3) is 11.1 Å². The predicted octanol–water partition coefficient (Wildman–Crippen LogP) is 6.58. The normalized spacial score (nSPS) is 15.8. The molecule has 0 radical (unpaired) electrons. The van der Waals surface area contributed by atoms with Crippen molar-refractivity contribution in [3.8, 4) is 22.6 Å². The molecule has 5 rings (SSSR count). The highest BCUT2D eigenvalue weighted by atomic mass is 35.5. The molecule has 0 saturated heterocycles. The van der Waals surface area contributed by atoms with Crippen molar-refractivity contribution in [3.05, 3.63) is 118 Å². The number of fused-ring (bicyclic) bond motifs is 1. The maximum atomic E-state index is 11.1. The monoisotopic (exact) mass is 571 g/mol. The summed E-state index contributed by atoms with van der Waals surface area (Å²) in [5.74, 6) is 0.745. The van der Waals surface area contributed by atoms with Gasteiger partial charge in [-0.05, 0) is 77.6 Å². The highest BCUT2D eigenvalue weighted by Crippen LogP contribution is 2.34. The van der Waals surface area contributed by atoms with Gasteiger partial charge in [-0.1, -0.05) is 67.1 Å². The van der Waals surface area contributed by atoms with Crippen molar-refractivity contribution in [2.75, 3.05) is 19.7 Å². The van der Waals surface area contributed by atoms with E-state index in [1.54, 1.807) is 18.2 Å². The number of carbonyl (C=O) groups is 1. The lowest BCUT2D eigenvalue weighted by Crippen LogP contribution is -2.39. The maximum Gasteiger partial charge on any atom is 0.335 e. The van der Waals surface area contributed by atoms with Crippen LogP contribution in [0.4, 0.5) is 0 Å². The lowest BCUT2D eigenvalue weighted by atomic mass is 9.92. The third-order valence-corrected chi connectivity index (χ3v) is 7.71. The van der Waals surface area contributed by atoms with E-state index in [9.17, 15) is 9.90 Å². The molecule has 3 atom stereocenters. The molecule has 0 spiro atoms. The Balaban J connectivity index is 1.10. The Bertz CT molecular complexity index is 1470. The van der Waals surface area contributed by atoms with Gasteiger partial charge in [0.1, 0.15) is 30.3 Å². The lowest BCUT2D eigenvalue weighted by Gasteiger charge is -2.27. The SMILES string of the molecule is CC(c1ccccc1)c1cc(Cl)ccc1OCC(O)CNCC1CCc2cc(-c3ccc(C(=O)O)cc3)ccc2O1. The van der Waals surface area contributed by atoms with Crippen molar-refractivity contribution in [1.82, 2.24) is 5.32 Å². The van der Waals surface area contributed by atoms with E-state index >= 15 is 0 Å². The summed E-state index contributed by atoms with van der Waals surface area (Å²) in [7, 11) is 0. The Kier molecular flexibility index (Phi) is 9.24. The van der Waals surface area contributed by atoms with Crippen LogP contribution in [0, 0.1) is 0 Å². The summed E-state index contributed by atoms with van der Waals surface area (Å²) in [5, 5.41) is 23.7. The van der Waals surface area contributed by atoms with Crippen LogP contribution in [-0.4, -0.2) is 48.1 Å². The van der Waals surface area contributed by atoms with Crippen LogP contribution in [0.1, 0.15) is 46.3 Å². The molecule has 3 unspecified atom stereocenters. The first-order valence-electron chi connectivity index (χ1n) is 13.9. The van der Waals surface area contributed by atoms with Crippen LogP contribution >= 0.6 is 11.6 Å². The molecule has 7 heteroatoms. The van der Waals surface area contributed by atoms with E-state index in [4.69, 9.17) is 26.2 Å². The lowest BCUT2D eigenvalue weighted by molar-refractivity contribution is 0.0697. The second-order valence-electron chi connectivity index (χ2n) is 10.4. The van der Waals surface area contributed by atoms with E-state index in [-0.39, 0.29) is 24.2 Å². The van der Waals surface area contributed by atoms with Gasteiger partial charge in [-0.15, -0.1) is 0 Å². The van der Waals surface area contributed by atoms with E-state index < -0.39 is 12.1 Å². The molecule has 0 bridgehead atoms. The number of carboxylic acids is 1. The van der Waals surface area contributed by atoms with Crippen molar-refractivity contribution in [3.63, 3.8) is 0 Å². The van der Waals surface area contributed by atoms with Crippen LogP contribution in [-0.2, 0) is 6.42 Å². The Hall–Kier alpha value is -3.84. The summed E-state index contributed by atoms with van der Waals surface area (Å²) in [5.41, 5.74) is 5.57. The summed E-state index contributed by atoms with van der Waals surface area (Å²) in [6.45, 7) is 3.28. The van der Waals surface area contributed by atoms with E-state index in [1.807, 2.05) is 54.6 Å². The summed E-state index contributed by atoms with van der Waals surface area (Å²) >= 11 is 6.29. The number of aliphatic hydroxyl groups is 1. The minimum atomic E-state index is -0.931. The van der Waals surface area contributed by atoms with Gasteiger partial charge in [-0.3, -0.25) is 0 Å². The van der Waals surface area contributed by atoms with Gasteiger partial charge < -0.3 is 25.0 Å². The van der Waals surface area contributed by atoms with E-state index in [0.717, 1.165) is 40.8 Å². The van der Waals surface area contributed by atoms with E-state index in [0.29, 0.717) is 23.9 Å². The topological polar surface area (TPSA) is 88.0 Å². The molecule has 1 heterocycles. The van der Waals surface area contributed by atoms with Crippen molar-refractivity contribution in [2.45, 2.75) is 37.9 Å². The maximum absolute atomic E-state index is 11.1. The number of aliphatic hydroxyl groups excluding tert-OH is 1.